The lowest BCUT2D eigenvalue weighted by molar-refractivity contribution is -0.899. The van der Waals surface area contributed by atoms with E-state index in [1.165, 1.54) is 20.9 Å². The van der Waals surface area contributed by atoms with E-state index in [2.05, 4.69) is 72.0 Å². The highest BCUT2D eigenvalue weighted by molar-refractivity contribution is 9.11. The molecule has 1 aromatic carbocycles. The van der Waals surface area contributed by atoms with E-state index >= 15 is 0 Å². The summed E-state index contributed by atoms with van der Waals surface area (Å²) < 4.78 is 1.12. The van der Waals surface area contributed by atoms with Gasteiger partial charge in [0.05, 0.1) is 15.2 Å². The van der Waals surface area contributed by atoms with E-state index in [4.69, 9.17) is 0 Å². The summed E-state index contributed by atoms with van der Waals surface area (Å²) in [6.07, 6.45) is 3.70. The standard InChI is InChI=1S/C20H25BrN2OS/c1-4-12-23(13-17-10-11-18(21)25-17)14-19(24)22-20-15(5-2)8-7-9-16(20)6-3/h4,7-11H,1,5-6,12-14H2,2-3H3,(H,22,24)/p+1. The summed E-state index contributed by atoms with van der Waals surface area (Å²) >= 11 is 5.21. The molecule has 0 saturated carbocycles. The van der Waals surface area contributed by atoms with Gasteiger partial charge in [0.2, 0.25) is 0 Å². The maximum Gasteiger partial charge on any atom is 0.279 e. The summed E-state index contributed by atoms with van der Waals surface area (Å²) in [4.78, 5) is 15.1. The molecule has 3 nitrogen and oxygen atoms in total. The highest BCUT2D eigenvalue weighted by Gasteiger charge is 2.17. The molecule has 0 fully saturated rings. The van der Waals surface area contributed by atoms with Gasteiger partial charge >= 0.3 is 0 Å². The normalized spacial score (nSPS) is 12.0. The van der Waals surface area contributed by atoms with Gasteiger partial charge < -0.3 is 10.2 Å². The van der Waals surface area contributed by atoms with E-state index in [-0.39, 0.29) is 5.91 Å². The summed E-state index contributed by atoms with van der Waals surface area (Å²) in [5, 5.41) is 3.16. The van der Waals surface area contributed by atoms with Crippen molar-refractivity contribution in [2.75, 3.05) is 18.4 Å². The fraction of sp³-hybridized carbons (Fsp3) is 0.350. The lowest BCUT2D eigenvalue weighted by atomic mass is 10.0. The molecule has 0 saturated heterocycles. The minimum Gasteiger partial charge on any atom is -0.321 e. The highest BCUT2D eigenvalue weighted by Crippen LogP contribution is 2.23. The van der Waals surface area contributed by atoms with Crippen LogP contribution >= 0.6 is 27.3 Å². The van der Waals surface area contributed by atoms with Crippen LogP contribution in [0, 0.1) is 0 Å². The van der Waals surface area contributed by atoms with Crippen LogP contribution in [0.25, 0.3) is 0 Å². The number of hydrogen-bond donors (Lipinski definition) is 2. The number of carbonyl (C=O) groups is 1. The molecule has 2 rings (SSSR count). The van der Waals surface area contributed by atoms with Crippen molar-refractivity contribution in [2.45, 2.75) is 33.2 Å². The van der Waals surface area contributed by atoms with Gasteiger partial charge in [-0.3, -0.25) is 4.79 Å². The molecule has 0 radical (unpaired) electrons. The third-order valence-electron chi connectivity index (χ3n) is 4.16. The molecule has 1 unspecified atom stereocenters. The third kappa shape index (κ3) is 5.80. The van der Waals surface area contributed by atoms with Crippen LogP contribution in [0.2, 0.25) is 0 Å². The molecule has 1 amide bonds. The average molecular weight is 422 g/mol. The molecule has 1 heterocycles. The van der Waals surface area contributed by atoms with Crippen molar-refractivity contribution in [2.24, 2.45) is 0 Å². The van der Waals surface area contributed by atoms with E-state index in [1.807, 2.05) is 6.08 Å². The summed E-state index contributed by atoms with van der Waals surface area (Å²) in [6, 6.07) is 10.4. The number of carbonyl (C=O) groups excluding carboxylic acids is 1. The Kier molecular flexibility index (Phi) is 7.88. The second-order valence-electron chi connectivity index (χ2n) is 6.01. The highest BCUT2D eigenvalue weighted by atomic mass is 79.9. The monoisotopic (exact) mass is 421 g/mol. The number of nitrogens with one attached hydrogen (secondary N) is 2. The summed E-state index contributed by atoms with van der Waals surface area (Å²) in [5.41, 5.74) is 3.38. The summed E-state index contributed by atoms with van der Waals surface area (Å²) in [7, 11) is 0. The molecule has 2 aromatic rings. The van der Waals surface area contributed by atoms with Crippen molar-refractivity contribution in [3.63, 3.8) is 0 Å². The van der Waals surface area contributed by atoms with E-state index in [1.54, 1.807) is 11.3 Å². The Bertz CT molecular complexity index is 704. The molecule has 0 bridgehead atoms. The Hall–Kier alpha value is -1.43. The van der Waals surface area contributed by atoms with Crippen LogP contribution in [0.4, 0.5) is 5.69 Å². The Morgan fingerprint density at radius 3 is 2.44 bits per heavy atom. The molecule has 5 heteroatoms. The van der Waals surface area contributed by atoms with Crippen molar-refractivity contribution in [1.29, 1.82) is 0 Å². The van der Waals surface area contributed by atoms with Crippen molar-refractivity contribution < 1.29 is 9.69 Å². The first kappa shape index (κ1) is 19.9. The van der Waals surface area contributed by atoms with Crippen LogP contribution in [0.5, 0.6) is 0 Å². The van der Waals surface area contributed by atoms with Gasteiger partial charge in [0.25, 0.3) is 5.91 Å². The molecule has 0 aliphatic carbocycles. The second kappa shape index (κ2) is 9.90. The number of anilines is 1. The van der Waals surface area contributed by atoms with E-state index in [0.29, 0.717) is 6.54 Å². The largest absolute Gasteiger partial charge is 0.321 e. The van der Waals surface area contributed by atoms with Crippen molar-refractivity contribution in [3.05, 3.63) is 62.8 Å². The first-order valence-electron chi connectivity index (χ1n) is 8.66. The molecule has 1 atom stereocenters. The number of amides is 1. The number of thiophene rings is 1. The average Bonchev–Trinajstić information content (AvgIpc) is 3.00. The SMILES string of the molecule is C=CC[NH+](CC(=O)Nc1c(CC)cccc1CC)Cc1ccc(Br)s1. The van der Waals surface area contributed by atoms with Crippen LogP contribution < -0.4 is 10.2 Å². The zero-order valence-electron chi connectivity index (χ0n) is 14.9. The van der Waals surface area contributed by atoms with E-state index in [9.17, 15) is 4.79 Å². The number of hydrogen-bond acceptors (Lipinski definition) is 2. The summed E-state index contributed by atoms with van der Waals surface area (Å²) in [6.45, 7) is 10.1. The first-order valence-corrected chi connectivity index (χ1v) is 10.3. The number of rotatable bonds is 9. The number of para-hydroxylation sites is 1. The Morgan fingerprint density at radius 1 is 1.24 bits per heavy atom. The second-order valence-corrected chi connectivity index (χ2v) is 8.56. The van der Waals surface area contributed by atoms with Crippen LogP contribution in [0.1, 0.15) is 29.9 Å². The number of aryl methyl sites for hydroxylation is 2. The molecule has 0 spiro atoms. The number of benzene rings is 1. The van der Waals surface area contributed by atoms with Crippen molar-refractivity contribution >= 4 is 38.9 Å². The van der Waals surface area contributed by atoms with Gasteiger partial charge in [-0.15, -0.1) is 11.3 Å². The van der Waals surface area contributed by atoms with Gasteiger partial charge in [0.1, 0.15) is 6.54 Å². The predicted octanol–water partition coefficient (Wildman–Crippen LogP) is 3.85. The van der Waals surface area contributed by atoms with Gasteiger partial charge in [-0.2, -0.15) is 0 Å². The van der Waals surface area contributed by atoms with E-state index in [0.717, 1.165) is 35.4 Å². The number of quaternary nitrogens is 1. The Labute approximate surface area is 162 Å². The molecule has 25 heavy (non-hydrogen) atoms. The maximum absolute atomic E-state index is 12.7. The van der Waals surface area contributed by atoms with Crippen LogP contribution in [-0.4, -0.2) is 19.0 Å². The molecular formula is C20H26BrN2OS+. The van der Waals surface area contributed by atoms with Crippen LogP contribution in [0.15, 0.2) is 46.8 Å². The zero-order chi connectivity index (χ0) is 18.2. The molecule has 0 aliphatic heterocycles. The Balaban J connectivity index is 2.07. The fourth-order valence-electron chi connectivity index (χ4n) is 2.92. The fourth-order valence-corrected chi connectivity index (χ4v) is 4.47. The quantitative estimate of drug-likeness (QED) is 0.592. The molecular weight excluding hydrogens is 396 g/mol. The smallest absolute Gasteiger partial charge is 0.279 e. The zero-order valence-corrected chi connectivity index (χ0v) is 17.3. The number of halogens is 1. The lowest BCUT2D eigenvalue weighted by Gasteiger charge is -2.19. The van der Waals surface area contributed by atoms with Crippen LogP contribution in [-0.2, 0) is 24.2 Å². The minimum absolute atomic E-state index is 0.0584. The van der Waals surface area contributed by atoms with Gasteiger partial charge in [0.15, 0.2) is 6.54 Å². The lowest BCUT2D eigenvalue weighted by Crippen LogP contribution is -3.11. The van der Waals surface area contributed by atoms with E-state index < -0.39 is 0 Å². The third-order valence-corrected chi connectivity index (χ3v) is 5.78. The van der Waals surface area contributed by atoms with Gasteiger partial charge in [0, 0.05) is 5.69 Å². The molecule has 0 aliphatic rings. The first-order chi connectivity index (χ1) is 12.1. The minimum atomic E-state index is 0.0584. The van der Waals surface area contributed by atoms with Gasteiger partial charge in [-0.1, -0.05) is 38.6 Å². The van der Waals surface area contributed by atoms with Crippen molar-refractivity contribution in [3.8, 4) is 0 Å². The Morgan fingerprint density at radius 2 is 1.92 bits per heavy atom. The topological polar surface area (TPSA) is 33.5 Å². The van der Waals surface area contributed by atoms with Crippen LogP contribution in [0.3, 0.4) is 0 Å². The summed E-state index contributed by atoms with van der Waals surface area (Å²) in [5.74, 6) is 0.0584. The molecule has 1 aromatic heterocycles. The predicted molar refractivity (Wildman–Crippen MR) is 110 cm³/mol. The molecule has 134 valence electrons. The molecule has 2 N–H and O–H groups in total. The maximum atomic E-state index is 12.7. The van der Waals surface area contributed by atoms with Gasteiger partial charge in [-0.25, -0.2) is 0 Å². The van der Waals surface area contributed by atoms with Gasteiger partial charge in [-0.05, 0) is 58.1 Å². The van der Waals surface area contributed by atoms with Crippen molar-refractivity contribution in [1.82, 2.24) is 0 Å².